The standard InChI is InChI=1S/C22H19N3OS/c1-15(17-11-6-8-16-7-2-3-9-18(16)17)25-21(26)13-27-22-19-10-4-5-12-20(19)23-14-24-22/h2-12,14-15H,13H2,1H3,(H,25,26)/t15-/m0/s1. The van der Waals surface area contributed by atoms with Crippen LogP contribution in [0, 0.1) is 0 Å². The number of carbonyl (C=O) groups is 1. The molecule has 134 valence electrons. The van der Waals surface area contributed by atoms with E-state index in [4.69, 9.17) is 0 Å². The first kappa shape index (κ1) is 17.5. The van der Waals surface area contributed by atoms with Crippen molar-refractivity contribution in [2.45, 2.75) is 18.0 Å². The number of aromatic nitrogens is 2. The van der Waals surface area contributed by atoms with Crippen LogP contribution in [0.3, 0.4) is 0 Å². The smallest absolute Gasteiger partial charge is 0.230 e. The van der Waals surface area contributed by atoms with E-state index in [1.54, 1.807) is 6.33 Å². The van der Waals surface area contributed by atoms with Crippen molar-refractivity contribution < 1.29 is 4.79 Å². The van der Waals surface area contributed by atoms with Crippen LogP contribution in [0.15, 0.2) is 78.1 Å². The number of rotatable bonds is 5. The van der Waals surface area contributed by atoms with Crippen LogP contribution >= 0.6 is 11.8 Å². The molecule has 1 aromatic heterocycles. The SMILES string of the molecule is C[C@H](NC(=O)CSc1ncnc2ccccc12)c1cccc2ccccc12. The average molecular weight is 373 g/mol. The number of amides is 1. The lowest BCUT2D eigenvalue weighted by Crippen LogP contribution is -2.28. The van der Waals surface area contributed by atoms with Crippen molar-refractivity contribution in [2.75, 3.05) is 5.75 Å². The molecule has 3 aromatic carbocycles. The number of nitrogens with one attached hydrogen (secondary N) is 1. The number of nitrogens with zero attached hydrogens (tertiary/aromatic N) is 2. The molecule has 1 amide bonds. The molecule has 27 heavy (non-hydrogen) atoms. The van der Waals surface area contributed by atoms with Crippen molar-refractivity contribution in [3.05, 3.63) is 78.6 Å². The van der Waals surface area contributed by atoms with Gasteiger partial charge in [0.1, 0.15) is 11.4 Å². The van der Waals surface area contributed by atoms with Gasteiger partial charge in [-0.1, -0.05) is 72.4 Å². The van der Waals surface area contributed by atoms with Crippen molar-refractivity contribution >= 4 is 39.3 Å². The van der Waals surface area contributed by atoms with Crippen LogP contribution in [0.4, 0.5) is 0 Å². The predicted octanol–water partition coefficient (Wildman–Crippen LogP) is 4.75. The summed E-state index contributed by atoms with van der Waals surface area (Å²) in [6.07, 6.45) is 1.54. The third-order valence-corrected chi connectivity index (χ3v) is 5.52. The summed E-state index contributed by atoms with van der Waals surface area (Å²) >= 11 is 1.44. The number of para-hydroxylation sites is 1. The highest BCUT2D eigenvalue weighted by atomic mass is 32.2. The molecular weight excluding hydrogens is 354 g/mol. The number of benzene rings is 3. The van der Waals surface area contributed by atoms with E-state index in [-0.39, 0.29) is 11.9 Å². The Labute approximate surface area is 162 Å². The summed E-state index contributed by atoms with van der Waals surface area (Å²) in [4.78, 5) is 21.1. The topological polar surface area (TPSA) is 54.9 Å². The van der Waals surface area contributed by atoms with Crippen molar-refractivity contribution in [1.29, 1.82) is 0 Å². The molecule has 0 spiro atoms. The quantitative estimate of drug-likeness (QED) is 0.405. The Morgan fingerprint density at radius 3 is 2.59 bits per heavy atom. The van der Waals surface area contributed by atoms with E-state index in [9.17, 15) is 4.79 Å². The minimum absolute atomic E-state index is 0.0110. The molecule has 0 radical (unpaired) electrons. The van der Waals surface area contributed by atoms with E-state index in [1.807, 2.05) is 49.4 Å². The first-order chi connectivity index (χ1) is 13.2. The van der Waals surface area contributed by atoms with Crippen molar-refractivity contribution in [2.24, 2.45) is 0 Å². The molecule has 0 bridgehead atoms. The number of hydrogen-bond acceptors (Lipinski definition) is 4. The van der Waals surface area contributed by atoms with Gasteiger partial charge in [0.05, 0.1) is 17.3 Å². The average Bonchev–Trinajstić information content (AvgIpc) is 2.71. The summed E-state index contributed by atoms with van der Waals surface area (Å²) in [5.41, 5.74) is 2.01. The normalized spacial score (nSPS) is 12.2. The zero-order chi connectivity index (χ0) is 18.6. The van der Waals surface area contributed by atoms with Crippen LogP contribution in [0.2, 0.25) is 0 Å². The fraction of sp³-hybridized carbons (Fsp3) is 0.136. The zero-order valence-corrected chi connectivity index (χ0v) is 15.7. The fourth-order valence-electron chi connectivity index (χ4n) is 3.22. The molecule has 0 aliphatic heterocycles. The Hall–Kier alpha value is -2.92. The van der Waals surface area contributed by atoms with Gasteiger partial charge in [-0.05, 0) is 29.3 Å². The van der Waals surface area contributed by atoms with Crippen LogP contribution in [-0.4, -0.2) is 21.6 Å². The fourth-order valence-corrected chi connectivity index (χ4v) is 4.02. The Morgan fingerprint density at radius 2 is 1.70 bits per heavy atom. The highest BCUT2D eigenvalue weighted by molar-refractivity contribution is 8.00. The number of carbonyl (C=O) groups excluding carboxylic acids is 1. The minimum atomic E-state index is -0.0636. The van der Waals surface area contributed by atoms with E-state index in [1.165, 1.54) is 22.5 Å². The molecule has 0 saturated heterocycles. The first-order valence-corrected chi connectivity index (χ1v) is 9.80. The lowest BCUT2D eigenvalue weighted by Gasteiger charge is -2.16. The van der Waals surface area contributed by atoms with Gasteiger partial charge in [0.2, 0.25) is 5.91 Å². The molecule has 1 N–H and O–H groups in total. The molecule has 0 aliphatic carbocycles. The summed E-state index contributed by atoms with van der Waals surface area (Å²) in [7, 11) is 0. The van der Waals surface area contributed by atoms with Crippen molar-refractivity contribution in [1.82, 2.24) is 15.3 Å². The van der Waals surface area contributed by atoms with Crippen LogP contribution < -0.4 is 5.32 Å². The van der Waals surface area contributed by atoms with Gasteiger partial charge in [-0.15, -0.1) is 0 Å². The Kier molecular flexibility index (Phi) is 5.03. The molecule has 0 saturated carbocycles. The predicted molar refractivity (Wildman–Crippen MR) is 111 cm³/mol. The van der Waals surface area contributed by atoms with Gasteiger partial charge in [0.15, 0.2) is 0 Å². The van der Waals surface area contributed by atoms with Gasteiger partial charge in [0.25, 0.3) is 0 Å². The Balaban J connectivity index is 1.46. The van der Waals surface area contributed by atoms with Gasteiger partial charge >= 0.3 is 0 Å². The van der Waals surface area contributed by atoms with Gasteiger partial charge in [0, 0.05) is 5.39 Å². The highest BCUT2D eigenvalue weighted by Crippen LogP contribution is 2.26. The van der Waals surface area contributed by atoms with Crippen LogP contribution in [0.1, 0.15) is 18.5 Å². The molecule has 0 fully saturated rings. The molecule has 4 aromatic rings. The van der Waals surface area contributed by atoms with E-state index in [0.717, 1.165) is 21.5 Å². The monoisotopic (exact) mass is 373 g/mol. The van der Waals surface area contributed by atoms with Gasteiger partial charge in [-0.3, -0.25) is 4.79 Å². The molecular formula is C22H19N3OS. The molecule has 4 nitrogen and oxygen atoms in total. The summed E-state index contributed by atoms with van der Waals surface area (Å²) in [6, 6.07) is 22.2. The largest absolute Gasteiger partial charge is 0.349 e. The summed E-state index contributed by atoms with van der Waals surface area (Å²) in [6.45, 7) is 2.02. The lowest BCUT2D eigenvalue weighted by atomic mass is 10.00. The number of thioether (sulfide) groups is 1. The number of fused-ring (bicyclic) bond motifs is 2. The third-order valence-electron chi connectivity index (χ3n) is 4.51. The van der Waals surface area contributed by atoms with E-state index < -0.39 is 0 Å². The number of hydrogen-bond donors (Lipinski definition) is 1. The van der Waals surface area contributed by atoms with Crippen molar-refractivity contribution in [3.63, 3.8) is 0 Å². The second-order valence-electron chi connectivity index (χ2n) is 6.34. The van der Waals surface area contributed by atoms with E-state index >= 15 is 0 Å². The Bertz CT molecular complexity index is 1100. The molecule has 5 heteroatoms. The first-order valence-electron chi connectivity index (χ1n) is 8.82. The second-order valence-corrected chi connectivity index (χ2v) is 7.31. The van der Waals surface area contributed by atoms with Gasteiger partial charge in [-0.25, -0.2) is 9.97 Å². The maximum Gasteiger partial charge on any atom is 0.230 e. The third kappa shape index (κ3) is 3.78. The molecule has 4 rings (SSSR count). The molecule has 1 heterocycles. The van der Waals surface area contributed by atoms with Crippen molar-refractivity contribution in [3.8, 4) is 0 Å². The maximum atomic E-state index is 12.5. The molecule has 0 aliphatic rings. The van der Waals surface area contributed by atoms with Crippen LogP contribution in [-0.2, 0) is 4.79 Å². The minimum Gasteiger partial charge on any atom is -0.349 e. The summed E-state index contributed by atoms with van der Waals surface area (Å²) < 4.78 is 0. The molecule has 0 unspecified atom stereocenters. The second kappa shape index (κ2) is 7.76. The maximum absolute atomic E-state index is 12.5. The van der Waals surface area contributed by atoms with Gasteiger partial charge in [-0.2, -0.15) is 0 Å². The van der Waals surface area contributed by atoms with E-state index in [2.05, 4.69) is 39.6 Å². The molecule has 1 atom stereocenters. The lowest BCUT2D eigenvalue weighted by molar-refractivity contribution is -0.119. The summed E-state index contributed by atoms with van der Waals surface area (Å²) in [5, 5.41) is 7.25. The van der Waals surface area contributed by atoms with E-state index in [0.29, 0.717) is 5.75 Å². The van der Waals surface area contributed by atoms with Crippen LogP contribution in [0.5, 0.6) is 0 Å². The van der Waals surface area contributed by atoms with Gasteiger partial charge < -0.3 is 5.32 Å². The van der Waals surface area contributed by atoms with Crippen LogP contribution in [0.25, 0.3) is 21.7 Å². The summed E-state index contributed by atoms with van der Waals surface area (Å²) in [5.74, 6) is 0.305. The Morgan fingerprint density at radius 1 is 0.963 bits per heavy atom. The zero-order valence-electron chi connectivity index (χ0n) is 14.9. The highest BCUT2D eigenvalue weighted by Gasteiger charge is 2.13.